The van der Waals surface area contributed by atoms with Crippen LogP contribution in [-0.2, 0) is 6.42 Å². The number of aromatic amines is 1. The van der Waals surface area contributed by atoms with Gasteiger partial charge >= 0.3 is 5.76 Å². The van der Waals surface area contributed by atoms with E-state index in [-0.39, 0.29) is 5.76 Å². The molecule has 0 unspecified atom stereocenters. The lowest BCUT2D eigenvalue weighted by Crippen LogP contribution is -1.96. The first-order valence-corrected chi connectivity index (χ1v) is 4.41. The molecular formula is C8H7NO2S. The molecule has 0 fully saturated rings. The molecule has 3 nitrogen and oxygen atoms in total. The van der Waals surface area contributed by atoms with Crippen LogP contribution in [0, 0.1) is 0 Å². The molecule has 4 heteroatoms. The molecule has 12 heavy (non-hydrogen) atoms. The highest BCUT2D eigenvalue weighted by Crippen LogP contribution is 2.12. The topological polar surface area (TPSA) is 46.0 Å². The van der Waals surface area contributed by atoms with E-state index < -0.39 is 0 Å². The van der Waals surface area contributed by atoms with Gasteiger partial charge in [-0.05, 0) is 11.4 Å². The summed E-state index contributed by atoms with van der Waals surface area (Å²) in [5, 5.41) is 2.01. The van der Waals surface area contributed by atoms with Crippen molar-refractivity contribution in [1.82, 2.24) is 4.98 Å². The van der Waals surface area contributed by atoms with E-state index in [1.807, 2.05) is 17.5 Å². The fraction of sp³-hybridized carbons (Fsp3) is 0.125. The molecule has 0 aliphatic carbocycles. The highest BCUT2D eigenvalue weighted by Gasteiger charge is 1.99. The molecule has 2 rings (SSSR count). The lowest BCUT2D eigenvalue weighted by molar-refractivity contribution is 0.514. The standard InChI is InChI=1S/C8H7NO2S/c10-8-9-6(5-11-8)4-7-2-1-3-12-7/h1-3,5H,4H2,(H,9,10). The minimum atomic E-state index is -0.387. The number of oxazole rings is 1. The van der Waals surface area contributed by atoms with Crippen LogP contribution in [0.2, 0.25) is 0 Å². The van der Waals surface area contributed by atoms with Crippen molar-refractivity contribution in [3.05, 3.63) is 44.9 Å². The van der Waals surface area contributed by atoms with Crippen LogP contribution in [0.15, 0.2) is 33.0 Å². The normalized spacial score (nSPS) is 10.3. The van der Waals surface area contributed by atoms with Crippen LogP contribution in [0.1, 0.15) is 10.6 Å². The molecule has 0 saturated heterocycles. The van der Waals surface area contributed by atoms with Crippen LogP contribution in [-0.4, -0.2) is 4.98 Å². The first-order valence-electron chi connectivity index (χ1n) is 3.53. The maximum Gasteiger partial charge on any atom is 0.416 e. The summed E-state index contributed by atoms with van der Waals surface area (Å²) in [5.41, 5.74) is 0.822. The van der Waals surface area contributed by atoms with Gasteiger partial charge in [-0.3, -0.25) is 4.98 Å². The third kappa shape index (κ3) is 1.48. The maximum atomic E-state index is 10.6. The van der Waals surface area contributed by atoms with Gasteiger partial charge in [0.1, 0.15) is 6.26 Å². The molecule has 0 spiro atoms. The maximum absolute atomic E-state index is 10.6. The Labute approximate surface area is 72.7 Å². The highest BCUT2D eigenvalue weighted by molar-refractivity contribution is 7.09. The first kappa shape index (κ1) is 7.36. The van der Waals surface area contributed by atoms with Gasteiger partial charge in [-0.1, -0.05) is 6.07 Å². The summed E-state index contributed by atoms with van der Waals surface area (Å²) in [5.74, 6) is -0.387. The van der Waals surface area contributed by atoms with Crippen LogP contribution < -0.4 is 5.76 Å². The van der Waals surface area contributed by atoms with Gasteiger partial charge in [0.15, 0.2) is 0 Å². The summed E-state index contributed by atoms with van der Waals surface area (Å²) >= 11 is 1.66. The lowest BCUT2D eigenvalue weighted by atomic mass is 10.3. The number of nitrogens with one attached hydrogen (secondary N) is 1. The van der Waals surface area contributed by atoms with E-state index in [0.717, 1.165) is 12.1 Å². The van der Waals surface area contributed by atoms with Crippen molar-refractivity contribution in [2.24, 2.45) is 0 Å². The van der Waals surface area contributed by atoms with E-state index >= 15 is 0 Å². The summed E-state index contributed by atoms with van der Waals surface area (Å²) in [6, 6.07) is 4.01. The zero-order chi connectivity index (χ0) is 8.39. The summed E-state index contributed by atoms with van der Waals surface area (Å²) in [6.45, 7) is 0. The van der Waals surface area contributed by atoms with Gasteiger partial charge in [-0.2, -0.15) is 0 Å². The van der Waals surface area contributed by atoms with E-state index in [4.69, 9.17) is 0 Å². The van der Waals surface area contributed by atoms with E-state index in [9.17, 15) is 4.79 Å². The highest BCUT2D eigenvalue weighted by atomic mass is 32.1. The van der Waals surface area contributed by atoms with Crippen molar-refractivity contribution in [3.63, 3.8) is 0 Å². The Balaban J connectivity index is 2.19. The second-order valence-corrected chi connectivity index (χ2v) is 3.46. The minimum absolute atomic E-state index is 0.387. The molecule has 2 aromatic heterocycles. The molecule has 0 bridgehead atoms. The van der Waals surface area contributed by atoms with Crippen LogP contribution in [0.4, 0.5) is 0 Å². The van der Waals surface area contributed by atoms with E-state index in [2.05, 4.69) is 9.40 Å². The van der Waals surface area contributed by atoms with Gasteiger partial charge in [-0.25, -0.2) is 4.79 Å². The fourth-order valence-corrected chi connectivity index (χ4v) is 1.73. The van der Waals surface area contributed by atoms with Crippen LogP contribution in [0.25, 0.3) is 0 Å². The van der Waals surface area contributed by atoms with E-state index in [1.165, 1.54) is 11.1 Å². The van der Waals surface area contributed by atoms with Gasteiger partial charge in [0.25, 0.3) is 0 Å². The lowest BCUT2D eigenvalue weighted by Gasteiger charge is -1.88. The first-order chi connectivity index (χ1) is 5.84. The number of thiophene rings is 1. The number of aromatic nitrogens is 1. The van der Waals surface area contributed by atoms with Gasteiger partial charge in [0, 0.05) is 11.3 Å². The fourth-order valence-electron chi connectivity index (χ4n) is 1.00. The molecule has 0 saturated carbocycles. The van der Waals surface area contributed by atoms with E-state index in [1.54, 1.807) is 11.3 Å². The monoisotopic (exact) mass is 181 g/mol. The minimum Gasteiger partial charge on any atom is -0.416 e. The third-order valence-corrected chi connectivity index (χ3v) is 2.39. The Morgan fingerprint density at radius 2 is 2.50 bits per heavy atom. The van der Waals surface area contributed by atoms with Crippen molar-refractivity contribution in [2.45, 2.75) is 6.42 Å². The van der Waals surface area contributed by atoms with Crippen molar-refractivity contribution < 1.29 is 4.42 Å². The molecule has 0 aliphatic rings. The van der Waals surface area contributed by atoms with Crippen LogP contribution in [0.3, 0.4) is 0 Å². The summed E-state index contributed by atoms with van der Waals surface area (Å²) in [6.07, 6.45) is 2.20. The second kappa shape index (κ2) is 2.98. The number of hydrogen-bond donors (Lipinski definition) is 1. The molecule has 0 aromatic carbocycles. The van der Waals surface area contributed by atoms with Crippen molar-refractivity contribution in [3.8, 4) is 0 Å². The number of hydrogen-bond acceptors (Lipinski definition) is 3. The molecule has 0 radical (unpaired) electrons. The third-order valence-electron chi connectivity index (χ3n) is 1.52. The van der Waals surface area contributed by atoms with Gasteiger partial charge < -0.3 is 4.42 Å². The van der Waals surface area contributed by atoms with Crippen molar-refractivity contribution in [1.29, 1.82) is 0 Å². The summed E-state index contributed by atoms with van der Waals surface area (Å²) < 4.78 is 4.61. The predicted octanol–water partition coefficient (Wildman–Crippen LogP) is 1.62. The molecular weight excluding hydrogens is 174 g/mol. The SMILES string of the molecule is O=c1[nH]c(Cc2cccs2)co1. The molecule has 2 aromatic rings. The van der Waals surface area contributed by atoms with E-state index in [0.29, 0.717) is 0 Å². The average molecular weight is 181 g/mol. The smallest absolute Gasteiger partial charge is 0.416 e. The molecule has 0 amide bonds. The molecule has 0 atom stereocenters. The Bertz CT molecular complexity index is 399. The van der Waals surface area contributed by atoms with Gasteiger partial charge in [-0.15, -0.1) is 11.3 Å². The molecule has 1 N–H and O–H groups in total. The quantitative estimate of drug-likeness (QED) is 0.765. The van der Waals surface area contributed by atoms with Crippen LogP contribution in [0.5, 0.6) is 0 Å². The predicted molar refractivity (Wildman–Crippen MR) is 46.5 cm³/mol. The number of rotatable bonds is 2. The molecule has 62 valence electrons. The summed E-state index contributed by atoms with van der Waals surface area (Å²) in [7, 11) is 0. The second-order valence-electron chi connectivity index (χ2n) is 2.43. The molecule has 2 heterocycles. The Morgan fingerprint density at radius 1 is 1.58 bits per heavy atom. The van der Waals surface area contributed by atoms with Crippen molar-refractivity contribution in [2.75, 3.05) is 0 Å². The average Bonchev–Trinajstić information content (AvgIpc) is 2.63. The summed E-state index contributed by atoms with van der Waals surface area (Å²) in [4.78, 5) is 14.4. The Kier molecular flexibility index (Phi) is 1.83. The van der Waals surface area contributed by atoms with Crippen molar-refractivity contribution >= 4 is 11.3 Å². The Morgan fingerprint density at radius 3 is 3.08 bits per heavy atom. The Hall–Kier alpha value is -1.29. The number of H-pyrrole nitrogens is 1. The zero-order valence-electron chi connectivity index (χ0n) is 6.24. The van der Waals surface area contributed by atoms with Crippen LogP contribution >= 0.6 is 11.3 Å². The largest absolute Gasteiger partial charge is 0.416 e. The molecule has 0 aliphatic heterocycles. The van der Waals surface area contributed by atoms with Gasteiger partial charge in [0.05, 0.1) is 5.69 Å². The van der Waals surface area contributed by atoms with Gasteiger partial charge in [0.2, 0.25) is 0 Å². The zero-order valence-corrected chi connectivity index (χ0v) is 7.06.